The van der Waals surface area contributed by atoms with Crippen molar-refractivity contribution in [1.29, 1.82) is 5.26 Å². The summed E-state index contributed by atoms with van der Waals surface area (Å²) in [5, 5.41) is 11.8. The first-order chi connectivity index (χ1) is 11.1. The second-order valence-electron chi connectivity index (χ2n) is 4.53. The van der Waals surface area contributed by atoms with Crippen LogP contribution in [0.4, 0.5) is 0 Å². The largest absolute Gasteiger partial charge is 0.463 e. The smallest absolute Gasteiger partial charge is 0.373 e. The maximum atomic E-state index is 12.0. The molecule has 0 radical (unpaired) electrons. The number of ether oxygens (including phenoxy) is 1. The zero-order valence-electron chi connectivity index (χ0n) is 12.4. The first-order valence-corrected chi connectivity index (χ1v) is 6.76. The lowest BCUT2D eigenvalue weighted by molar-refractivity contribution is -0.117. The van der Waals surface area contributed by atoms with E-state index in [0.29, 0.717) is 6.54 Å². The summed E-state index contributed by atoms with van der Waals surface area (Å²) in [6, 6.07) is 14.0. The van der Waals surface area contributed by atoms with Crippen molar-refractivity contribution >= 4 is 18.0 Å². The molecular formula is C17H14N2O4. The molecule has 0 saturated heterocycles. The van der Waals surface area contributed by atoms with Gasteiger partial charge in [0.05, 0.1) is 7.11 Å². The quantitative estimate of drug-likeness (QED) is 0.519. The van der Waals surface area contributed by atoms with Gasteiger partial charge in [-0.3, -0.25) is 4.79 Å². The van der Waals surface area contributed by atoms with E-state index in [-0.39, 0.29) is 17.1 Å². The Kier molecular flexibility index (Phi) is 5.31. The van der Waals surface area contributed by atoms with E-state index in [0.717, 1.165) is 5.56 Å². The average molecular weight is 310 g/mol. The van der Waals surface area contributed by atoms with Gasteiger partial charge in [0, 0.05) is 12.6 Å². The second kappa shape index (κ2) is 7.61. The number of esters is 1. The van der Waals surface area contributed by atoms with Crippen molar-refractivity contribution in [2.24, 2.45) is 0 Å². The van der Waals surface area contributed by atoms with Crippen LogP contribution in [0.1, 0.15) is 21.9 Å². The van der Waals surface area contributed by atoms with E-state index in [1.165, 1.54) is 25.3 Å². The van der Waals surface area contributed by atoms with Crippen LogP contribution in [0.3, 0.4) is 0 Å². The highest BCUT2D eigenvalue weighted by Crippen LogP contribution is 2.13. The molecule has 1 aromatic carbocycles. The van der Waals surface area contributed by atoms with Crippen LogP contribution in [0.2, 0.25) is 0 Å². The van der Waals surface area contributed by atoms with Crippen molar-refractivity contribution < 1.29 is 18.7 Å². The number of carbonyl (C=O) groups is 2. The van der Waals surface area contributed by atoms with E-state index < -0.39 is 11.9 Å². The fourth-order valence-electron chi connectivity index (χ4n) is 1.80. The van der Waals surface area contributed by atoms with Crippen molar-refractivity contribution in [2.45, 2.75) is 6.54 Å². The van der Waals surface area contributed by atoms with E-state index in [9.17, 15) is 9.59 Å². The number of nitrogens with zero attached hydrogens (tertiary/aromatic N) is 1. The minimum absolute atomic E-state index is 0.000679. The lowest BCUT2D eigenvalue weighted by Crippen LogP contribution is -2.23. The van der Waals surface area contributed by atoms with Gasteiger partial charge in [-0.15, -0.1) is 0 Å². The molecular weight excluding hydrogens is 296 g/mol. The Labute approximate surface area is 133 Å². The van der Waals surface area contributed by atoms with E-state index in [1.54, 1.807) is 0 Å². The van der Waals surface area contributed by atoms with Gasteiger partial charge in [0.15, 0.2) is 0 Å². The van der Waals surface area contributed by atoms with Crippen LogP contribution in [0.25, 0.3) is 6.08 Å². The molecule has 2 rings (SSSR count). The molecule has 0 spiro atoms. The number of hydrogen-bond acceptors (Lipinski definition) is 5. The monoisotopic (exact) mass is 310 g/mol. The standard InChI is InChI=1S/C17H14N2O4/c1-22-17(21)15-8-7-14(23-15)9-13(10-18)16(20)19-11-12-5-3-2-4-6-12/h2-9H,11H2,1H3,(H,19,20). The Morgan fingerprint density at radius 3 is 2.65 bits per heavy atom. The molecule has 0 aliphatic carbocycles. The highest BCUT2D eigenvalue weighted by Gasteiger charge is 2.13. The predicted octanol–water partition coefficient (Wildman–Crippen LogP) is 2.29. The number of amides is 1. The third kappa shape index (κ3) is 4.32. The highest BCUT2D eigenvalue weighted by atomic mass is 16.5. The molecule has 6 nitrogen and oxygen atoms in total. The Bertz CT molecular complexity index is 769. The van der Waals surface area contributed by atoms with Crippen LogP contribution in [0.5, 0.6) is 0 Å². The molecule has 2 aromatic rings. The lowest BCUT2D eigenvalue weighted by Gasteiger charge is -2.03. The minimum atomic E-state index is -0.628. The number of carbonyl (C=O) groups excluding carboxylic acids is 2. The fourth-order valence-corrected chi connectivity index (χ4v) is 1.80. The van der Waals surface area contributed by atoms with E-state index in [1.807, 2.05) is 36.4 Å². The first-order valence-electron chi connectivity index (χ1n) is 6.76. The topological polar surface area (TPSA) is 92.3 Å². The summed E-state index contributed by atoms with van der Waals surface area (Å²) in [7, 11) is 1.23. The van der Waals surface area contributed by atoms with Gasteiger partial charge in [0.1, 0.15) is 17.4 Å². The van der Waals surface area contributed by atoms with E-state index in [4.69, 9.17) is 9.68 Å². The number of benzene rings is 1. The minimum Gasteiger partial charge on any atom is -0.463 e. The number of hydrogen-bond donors (Lipinski definition) is 1. The van der Waals surface area contributed by atoms with Gasteiger partial charge in [-0.25, -0.2) is 4.79 Å². The molecule has 0 unspecified atom stereocenters. The van der Waals surface area contributed by atoms with Gasteiger partial charge in [-0.1, -0.05) is 30.3 Å². The molecule has 0 fully saturated rings. The molecule has 1 N–H and O–H groups in total. The Balaban J connectivity index is 2.06. The molecule has 6 heteroatoms. The molecule has 0 saturated carbocycles. The number of nitriles is 1. The highest BCUT2D eigenvalue weighted by molar-refractivity contribution is 6.01. The molecule has 116 valence electrons. The maximum Gasteiger partial charge on any atom is 0.373 e. The van der Waals surface area contributed by atoms with Gasteiger partial charge in [-0.05, 0) is 17.7 Å². The molecule has 1 aromatic heterocycles. The van der Waals surface area contributed by atoms with Crippen molar-refractivity contribution in [3.05, 3.63) is 65.1 Å². The summed E-state index contributed by atoms with van der Waals surface area (Å²) in [5.41, 5.74) is 0.802. The number of furan rings is 1. The first kappa shape index (κ1) is 16.0. The van der Waals surface area contributed by atoms with Crippen LogP contribution < -0.4 is 5.32 Å². The van der Waals surface area contributed by atoms with Crippen molar-refractivity contribution in [2.75, 3.05) is 7.11 Å². The Morgan fingerprint density at radius 1 is 1.26 bits per heavy atom. The summed E-state index contributed by atoms with van der Waals surface area (Å²) in [6.45, 7) is 0.310. The van der Waals surface area contributed by atoms with Gasteiger partial charge >= 0.3 is 5.97 Å². The summed E-state index contributed by atoms with van der Waals surface area (Å²) in [4.78, 5) is 23.3. The SMILES string of the molecule is COC(=O)c1ccc(C=C(C#N)C(=O)NCc2ccccc2)o1. The Hall–Kier alpha value is -3.33. The third-order valence-electron chi connectivity index (χ3n) is 2.96. The van der Waals surface area contributed by atoms with Gasteiger partial charge in [0.25, 0.3) is 5.91 Å². The predicted molar refractivity (Wildman–Crippen MR) is 81.9 cm³/mol. The van der Waals surface area contributed by atoms with Crippen LogP contribution in [-0.4, -0.2) is 19.0 Å². The second-order valence-corrected chi connectivity index (χ2v) is 4.53. The maximum absolute atomic E-state index is 12.0. The van der Waals surface area contributed by atoms with Gasteiger partial charge in [-0.2, -0.15) is 5.26 Å². The number of methoxy groups -OCH3 is 1. The van der Waals surface area contributed by atoms with Crippen molar-refractivity contribution in [3.8, 4) is 6.07 Å². The lowest BCUT2D eigenvalue weighted by atomic mass is 10.2. The van der Waals surface area contributed by atoms with Crippen LogP contribution >= 0.6 is 0 Å². The van der Waals surface area contributed by atoms with Gasteiger partial charge in [0.2, 0.25) is 5.76 Å². The summed E-state index contributed by atoms with van der Waals surface area (Å²) in [5.74, 6) is -0.929. The summed E-state index contributed by atoms with van der Waals surface area (Å²) >= 11 is 0. The molecule has 1 heterocycles. The van der Waals surface area contributed by atoms with Crippen LogP contribution in [0, 0.1) is 11.3 Å². The summed E-state index contributed by atoms with van der Waals surface area (Å²) in [6.07, 6.45) is 1.27. The van der Waals surface area contributed by atoms with Crippen LogP contribution in [-0.2, 0) is 16.1 Å². The average Bonchev–Trinajstić information content (AvgIpc) is 3.06. The normalized spacial score (nSPS) is 10.7. The third-order valence-corrected chi connectivity index (χ3v) is 2.96. The Morgan fingerprint density at radius 2 is 2.00 bits per heavy atom. The van der Waals surface area contributed by atoms with Gasteiger partial charge < -0.3 is 14.5 Å². The van der Waals surface area contributed by atoms with Crippen LogP contribution in [0.15, 0.2) is 52.5 Å². The molecule has 0 aliphatic heterocycles. The molecule has 0 atom stereocenters. The molecule has 23 heavy (non-hydrogen) atoms. The van der Waals surface area contributed by atoms with Crippen molar-refractivity contribution in [3.63, 3.8) is 0 Å². The fraction of sp³-hybridized carbons (Fsp3) is 0.118. The molecule has 0 bridgehead atoms. The number of rotatable bonds is 5. The molecule has 0 aliphatic rings. The molecule has 1 amide bonds. The van der Waals surface area contributed by atoms with E-state index in [2.05, 4.69) is 10.1 Å². The number of nitrogens with one attached hydrogen (secondary N) is 1. The summed E-state index contributed by atoms with van der Waals surface area (Å²) < 4.78 is 9.72. The van der Waals surface area contributed by atoms with E-state index >= 15 is 0 Å². The zero-order chi connectivity index (χ0) is 16.7. The van der Waals surface area contributed by atoms with Crippen molar-refractivity contribution in [1.82, 2.24) is 5.32 Å². The zero-order valence-corrected chi connectivity index (χ0v) is 12.4.